The molecule has 3 N–H and O–H groups in total. The number of hydrazine groups is 1. The minimum atomic E-state index is -0.261. The third kappa shape index (κ3) is 2.61. The van der Waals surface area contributed by atoms with Crippen LogP contribution in [0.1, 0.15) is 39.7 Å². The molecule has 0 fully saturated rings. The Morgan fingerprint density at radius 1 is 1.50 bits per heavy atom. The lowest BCUT2D eigenvalue weighted by Gasteiger charge is -2.32. The first-order valence-electron chi connectivity index (χ1n) is 5.49. The summed E-state index contributed by atoms with van der Waals surface area (Å²) in [5.41, 5.74) is 0.289. The first kappa shape index (κ1) is 12.7. The van der Waals surface area contributed by atoms with Crippen LogP contribution in [-0.2, 0) is 6.42 Å². The number of hydrogen-bond acceptors (Lipinski definition) is 4. The number of nitrogens with one attached hydrogen (secondary N) is 1. The Hall–Kier alpha value is -1.36. The average molecular weight is 224 g/mol. The molecule has 0 saturated carbocycles. The molecule has 1 heterocycles. The molecule has 1 aromatic heterocycles. The van der Waals surface area contributed by atoms with Crippen molar-refractivity contribution in [2.75, 3.05) is 5.01 Å². The number of rotatable bonds is 3. The highest BCUT2D eigenvalue weighted by molar-refractivity contribution is 5.45. The third-order valence-corrected chi connectivity index (χ3v) is 2.38. The number of nitrogens with zero attached hydrogens (tertiary/aromatic N) is 2. The van der Waals surface area contributed by atoms with Crippen molar-refractivity contribution in [2.24, 2.45) is 5.84 Å². The van der Waals surface area contributed by atoms with E-state index in [0.717, 1.165) is 6.42 Å². The Kier molecular flexibility index (Phi) is 3.70. The van der Waals surface area contributed by atoms with Gasteiger partial charge in [0.15, 0.2) is 5.82 Å². The van der Waals surface area contributed by atoms with Crippen LogP contribution in [0.15, 0.2) is 11.1 Å². The van der Waals surface area contributed by atoms with Crippen molar-refractivity contribution in [3.05, 3.63) is 22.2 Å². The summed E-state index contributed by atoms with van der Waals surface area (Å²) >= 11 is 0. The maximum Gasteiger partial charge on any atom is 0.256 e. The molecule has 0 saturated heterocycles. The molecule has 1 aromatic rings. The Balaban J connectivity index is 3.23. The van der Waals surface area contributed by atoms with Gasteiger partial charge >= 0.3 is 0 Å². The summed E-state index contributed by atoms with van der Waals surface area (Å²) in [6.07, 6.45) is 2.96. The van der Waals surface area contributed by atoms with E-state index in [2.05, 4.69) is 9.97 Å². The van der Waals surface area contributed by atoms with Gasteiger partial charge in [0.2, 0.25) is 0 Å². The molecule has 0 aliphatic carbocycles. The van der Waals surface area contributed by atoms with Gasteiger partial charge in [0.25, 0.3) is 5.56 Å². The van der Waals surface area contributed by atoms with E-state index >= 15 is 0 Å². The van der Waals surface area contributed by atoms with Crippen LogP contribution >= 0.6 is 0 Å². The Labute approximate surface area is 95.7 Å². The SMILES string of the molecule is CCCc1c(N(N)C(C)(C)C)nc[nH]c1=O. The Bertz CT molecular complexity index is 405. The van der Waals surface area contributed by atoms with Crippen LogP contribution in [0.2, 0.25) is 0 Å². The standard InChI is InChI=1S/C11H20N4O/c1-5-6-8-9(13-7-14-10(8)16)15(12)11(2,3)4/h7H,5-6,12H2,1-4H3,(H,13,14,16). The van der Waals surface area contributed by atoms with Gasteiger partial charge in [0, 0.05) is 5.54 Å². The van der Waals surface area contributed by atoms with E-state index in [4.69, 9.17) is 5.84 Å². The lowest BCUT2D eigenvalue weighted by molar-refractivity contribution is 0.506. The van der Waals surface area contributed by atoms with E-state index in [1.54, 1.807) is 5.01 Å². The zero-order valence-corrected chi connectivity index (χ0v) is 10.4. The number of H-pyrrole nitrogens is 1. The van der Waals surface area contributed by atoms with Gasteiger partial charge in [-0.2, -0.15) is 0 Å². The minimum absolute atomic E-state index is 0.105. The van der Waals surface area contributed by atoms with Crippen molar-refractivity contribution >= 4 is 5.82 Å². The second kappa shape index (κ2) is 4.65. The van der Waals surface area contributed by atoms with Crippen LogP contribution in [-0.4, -0.2) is 15.5 Å². The van der Waals surface area contributed by atoms with E-state index in [9.17, 15) is 4.79 Å². The van der Waals surface area contributed by atoms with E-state index in [1.165, 1.54) is 6.33 Å². The number of anilines is 1. The fourth-order valence-electron chi connectivity index (χ4n) is 1.42. The maximum atomic E-state index is 11.7. The highest BCUT2D eigenvalue weighted by atomic mass is 16.1. The van der Waals surface area contributed by atoms with Crippen LogP contribution in [0, 0.1) is 0 Å². The number of aromatic nitrogens is 2. The molecule has 1 rings (SSSR count). The zero-order valence-electron chi connectivity index (χ0n) is 10.4. The summed E-state index contributed by atoms with van der Waals surface area (Å²) in [4.78, 5) is 18.4. The molecule has 0 aliphatic rings. The fraction of sp³-hybridized carbons (Fsp3) is 0.636. The highest BCUT2D eigenvalue weighted by Crippen LogP contribution is 2.19. The van der Waals surface area contributed by atoms with E-state index < -0.39 is 0 Å². The zero-order chi connectivity index (χ0) is 12.3. The molecule has 0 aliphatic heterocycles. The van der Waals surface area contributed by atoms with Crippen molar-refractivity contribution < 1.29 is 0 Å². The first-order valence-corrected chi connectivity index (χ1v) is 5.49. The van der Waals surface area contributed by atoms with Gasteiger partial charge in [-0.3, -0.25) is 9.80 Å². The molecule has 0 amide bonds. The monoisotopic (exact) mass is 224 g/mol. The van der Waals surface area contributed by atoms with Crippen molar-refractivity contribution in [1.29, 1.82) is 0 Å². The van der Waals surface area contributed by atoms with Gasteiger partial charge in [0.05, 0.1) is 11.9 Å². The topological polar surface area (TPSA) is 75.0 Å². The van der Waals surface area contributed by atoms with E-state index in [1.807, 2.05) is 27.7 Å². The minimum Gasteiger partial charge on any atom is -0.313 e. The molecule has 90 valence electrons. The smallest absolute Gasteiger partial charge is 0.256 e. The average Bonchev–Trinajstić information content (AvgIpc) is 2.19. The highest BCUT2D eigenvalue weighted by Gasteiger charge is 2.23. The summed E-state index contributed by atoms with van der Waals surface area (Å²) in [6.45, 7) is 7.96. The summed E-state index contributed by atoms with van der Waals surface area (Å²) in [7, 11) is 0. The number of hydrogen-bond donors (Lipinski definition) is 2. The molecular formula is C11H20N4O. The molecule has 16 heavy (non-hydrogen) atoms. The summed E-state index contributed by atoms with van der Waals surface area (Å²) in [5, 5.41) is 1.55. The van der Waals surface area contributed by atoms with Crippen LogP contribution in [0.4, 0.5) is 5.82 Å². The summed E-state index contributed by atoms with van der Waals surface area (Å²) in [5.74, 6) is 6.56. The molecular weight excluding hydrogens is 204 g/mol. The van der Waals surface area contributed by atoms with Crippen LogP contribution in [0.5, 0.6) is 0 Å². The molecule has 0 spiro atoms. The van der Waals surface area contributed by atoms with Crippen LogP contribution in [0.25, 0.3) is 0 Å². The lowest BCUT2D eigenvalue weighted by Crippen LogP contribution is -2.48. The van der Waals surface area contributed by atoms with Gasteiger partial charge in [-0.1, -0.05) is 13.3 Å². The maximum absolute atomic E-state index is 11.7. The predicted octanol–water partition coefficient (Wildman–Crippen LogP) is 1.20. The van der Waals surface area contributed by atoms with Crippen molar-refractivity contribution in [3.8, 4) is 0 Å². The van der Waals surface area contributed by atoms with Gasteiger partial charge in [-0.25, -0.2) is 10.8 Å². The van der Waals surface area contributed by atoms with Gasteiger partial charge < -0.3 is 4.98 Å². The molecule has 0 unspecified atom stereocenters. The molecule has 0 bridgehead atoms. The normalized spacial score (nSPS) is 11.6. The fourth-order valence-corrected chi connectivity index (χ4v) is 1.42. The molecule has 0 atom stereocenters. The largest absolute Gasteiger partial charge is 0.313 e. The lowest BCUT2D eigenvalue weighted by atomic mass is 10.1. The third-order valence-electron chi connectivity index (χ3n) is 2.38. The van der Waals surface area contributed by atoms with E-state index in [0.29, 0.717) is 17.8 Å². The van der Waals surface area contributed by atoms with Crippen molar-refractivity contribution in [2.45, 2.75) is 46.1 Å². The molecule has 5 heteroatoms. The Morgan fingerprint density at radius 3 is 2.62 bits per heavy atom. The predicted molar refractivity (Wildman–Crippen MR) is 65.3 cm³/mol. The second-order valence-corrected chi connectivity index (χ2v) is 4.82. The van der Waals surface area contributed by atoms with Gasteiger partial charge in [-0.15, -0.1) is 0 Å². The van der Waals surface area contributed by atoms with Crippen molar-refractivity contribution in [3.63, 3.8) is 0 Å². The first-order chi connectivity index (χ1) is 7.38. The molecule has 0 radical (unpaired) electrons. The van der Waals surface area contributed by atoms with E-state index in [-0.39, 0.29) is 11.1 Å². The molecule has 0 aromatic carbocycles. The quantitative estimate of drug-likeness (QED) is 0.597. The van der Waals surface area contributed by atoms with Crippen LogP contribution < -0.4 is 16.4 Å². The van der Waals surface area contributed by atoms with Gasteiger partial charge in [0.1, 0.15) is 0 Å². The number of aromatic amines is 1. The van der Waals surface area contributed by atoms with Gasteiger partial charge in [-0.05, 0) is 27.2 Å². The molecule has 5 nitrogen and oxygen atoms in total. The Morgan fingerprint density at radius 2 is 2.12 bits per heavy atom. The second-order valence-electron chi connectivity index (χ2n) is 4.82. The number of nitrogens with two attached hydrogens (primary N) is 1. The summed E-state index contributed by atoms with van der Waals surface area (Å²) in [6, 6.07) is 0. The van der Waals surface area contributed by atoms with Crippen molar-refractivity contribution in [1.82, 2.24) is 9.97 Å². The summed E-state index contributed by atoms with van der Waals surface area (Å²) < 4.78 is 0. The van der Waals surface area contributed by atoms with Crippen LogP contribution in [0.3, 0.4) is 0 Å².